The number of rotatable bonds is 2. The number of carbonyl (C=O) groups excluding carboxylic acids is 1. The van der Waals surface area contributed by atoms with Gasteiger partial charge in [-0.2, -0.15) is 0 Å². The van der Waals surface area contributed by atoms with Crippen molar-refractivity contribution in [3.63, 3.8) is 0 Å². The molecule has 0 spiro atoms. The number of halogens is 1. The van der Waals surface area contributed by atoms with Gasteiger partial charge in [-0.25, -0.2) is 9.00 Å². The van der Waals surface area contributed by atoms with Gasteiger partial charge in [-0.15, -0.1) is 0 Å². The maximum atomic E-state index is 9.89. The van der Waals surface area contributed by atoms with Gasteiger partial charge in [-0.05, 0) is 10.7 Å². The van der Waals surface area contributed by atoms with E-state index in [0.29, 0.717) is 0 Å². The summed E-state index contributed by atoms with van der Waals surface area (Å²) in [6.45, 7) is 0. The minimum absolute atomic E-state index is 0.350. The number of carbonyl (C=O) groups is 1. The van der Waals surface area contributed by atoms with Crippen molar-refractivity contribution in [1.29, 1.82) is 0 Å². The fraction of sp³-hybridized carbons (Fsp3) is 0.500. The molecule has 0 aromatic rings. The summed E-state index contributed by atoms with van der Waals surface area (Å²) < 4.78 is 13.9. The van der Waals surface area contributed by atoms with E-state index < -0.39 is 16.1 Å². The molecule has 0 rings (SSSR count). The normalized spacial score (nSPS) is 12.6. The first-order valence-electron chi connectivity index (χ1n) is 1.60. The third-order valence-corrected chi connectivity index (χ3v) is 0.864. The zero-order valence-electron chi connectivity index (χ0n) is 3.80. The number of amides is 1. The molecule has 0 aromatic heterocycles. The van der Waals surface area contributed by atoms with E-state index in [-0.39, 0.29) is 5.94 Å². The molecule has 1 unspecified atom stereocenters. The average molecular weight is 158 g/mol. The number of nitrogens with two attached hydrogens (primary N) is 1. The summed E-state index contributed by atoms with van der Waals surface area (Å²) in [5.74, 6) is -0.350. The topological polar surface area (TPSA) is 69.4 Å². The maximum Gasteiger partial charge on any atom is 0.405 e. The summed E-state index contributed by atoms with van der Waals surface area (Å²) in [6.07, 6.45) is -0.973. The van der Waals surface area contributed by atoms with Crippen LogP contribution in [0.1, 0.15) is 0 Å². The Balaban J connectivity index is 3.18. The molecule has 2 N–H and O–H groups in total. The van der Waals surface area contributed by atoms with Gasteiger partial charge >= 0.3 is 6.09 Å². The van der Waals surface area contributed by atoms with Crippen LogP contribution in [0.3, 0.4) is 0 Å². The van der Waals surface area contributed by atoms with Gasteiger partial charge in [-0.1, -0.05) is 0 Å². The first-order valence-corrected chi connectivity index (χ1v) is 3.74. The molecule has 8 heavy (non-hydrogen) atoms. The summed E-state index contributed by atoms with van der Waals surface area (Å²) in [4.78, 5) is 9.71. The van der Waals surface area contributed by atoms with Crippen LogP contribution in [0.25, 0.3) is 0 Å². The lowest BCUT2D eigenvalue weighted by atomic mass is 11.2. The highest BCUT2D eigenvalue weighted by Gasteiger charge is 1.95. The molecule has 0 bridgehead atoms. The number of primary amides is 1. The van der Waals surface area contributed by atoms with Gasteiger partial charge in [0.1, 0.15) is 0 Å². The van der Waals surface area contributed by atoms with Gasteiger partial charge < -0.3 is 10.5 Å². The van der Waals surface area contributed by atoms with Crippen molar-refractivity contribution in [2.75, 3.05) is 5.94 Å². The van der Waals surface area contributed by atoms with Crippen molar-refractivity contribution in [1.82, 2.24) is 0 Å². The highest BCUT2D eigenvalue weighted by molar-refractivity contribution is 8.08. The molecule has 0 saturated heterocycles. The lowest BCUT2D eigenvalue weighted by Crippen LogP contribution is -2.14. The molecule has 1 atom stereocenters. The van der Waals surface area contributed by atoms with Gasteiger partial charge in [0, 0.05) is 0 Å². The molecule has 6 heteroatoms. The van der Waals surface area contributed by atoms with Gasteiger partial charge in [0.2, 0.25) is 0 Å². The second-order valence-corrected chi connectivity index (χ2v) is 2.72. The Bertz CT molecular complexity index is 102. The van der Waals surface area contributed by atoms with Gasteiger partial charge in [0.25, 0.3) is 0 Å². The average Bonchev–Trinajstić information content (AvgIpc) is 1.61. The molecule has 0 saturated carbocycles. The van der Waals surface area contributed by atoms with Crippen LogP contribution in [0.2, 0.25) is 0 Å². The molecule has 4 nitrogen and oxygen atoms in total. The van der Waals surface area contributed by atoms with E-state index in [1.54, 1.807) is 0 Å². The zero-order valence-corrected chi connectivity index (χ0v) is 5.37. The van der Waals surface area contributed by atoms with Crippen molar-refractivity contribution in [3.8, 4) is 0 Å². The minimum atomic E-state index is -1.64. The van der Waals surface area contributed by atoms with E-state index in [9.17, 15) is 9.00 Å². The molecule has 1 amide bonds. The highest BCUT2D eigenvalue weighted by atomic mass is 35.7. The SMILES string of the molecule is NC(=O)OCS(=O)Cl. The van der Waals surface area contributed by atoms with Gasteiger partial charge in [0.05, 0.1) is 0 Å². The van der Waals surface area contributed by atoms with E-state index in [0.717, 1.165) is 0 Å². The number of hydrogen-bond donors (Lipinski definition) is 1. The molecule has 0 aliphatic carbocycles. The Kier molecular flexibility index (Phi) is 3.55. The number of ether oxygens (including phenoxy) is 1. The summed E-state index contributed by atoms with van der Waals surface area (Å²) in [6, 6.07) is 0. The summed E-state index contributed by atoms with van der Waals surface area (Å²) in [5, 5.41) is 0. The second kappa shape index (κ2) is 3.68. The van der Waals surface area contributed by atoms with Crippen molar-refractivity contribution < 1.29 is 13.7 Å². The van der Waals surface area contributed by atoms with Gasteiger partial charge in [-0.3, -0.25) is 0 Å². The monoisotopic (exact) mass is 157 g/mol. The third-order valence-electron chi connectivity index (χ3n) is 0.294. The Hall–Kier alpha value is -0.290. The summed E-state index contributed by atoms with van der Waals surface area (Å²) >= 11 is 0. The van der Waals surface area contributed by atoms with Crippen LogP contribution in [-0.2, 0) is 14.7 Å². The maximum absolute atomic E-state index is 9.89. The molecular formula is C2H4ClNO3S. The molecule has 0 radical (unpaired) electrons. The molecule has 48 valence electrons. The lowest BCUT2D eigenvalue weighted by molar-refractivity contribution is 0.176. The first-order chi connectivity index (χ1) is 3.63. The molecule has 0 aliphatic heterocycles. The van der Waals surface area contributed by atoms with E-state index in [1.807, 2.05) is 0 Å². The van der Waals surface area contributed by atoms with Crippen molar-refractivity contribution in [2.45, 2.75) is 0 Å². The lowest BCUT2D eigenvalue weighted by Gasteiger charge is -1.92. The van der Waals surface area contributed by atoms with Crippen molar-refractivity contribution >= 4 is 26.8 Å². The molecule has 0 aromatic carbocycles. The predicted molar refractivity (Wildman–Crippen MR) is 29.5 cm³/mol. The van der Waals surface area contributed by atoms with Crippen LogP contribution in [0.15, 0.2) is 0 Å². The van der Waals surface area contributed by atoms with E-state index in [1.165, 1.54) is 0 Å². The molecule has 0 fully saturated rings. The minimum Gasteiger partial charge on any atom is -0.435 e. The fourth-order valence-electron chi connectivity index (χ4n) is 0.104. The summed E-state index contributed by atoms with van der Waals surface area (Å²) in [5.41, 5.74) is 4.49. The largest absolute Gasteiger partial charge is 0.435 e. The molecule has 0 heterocycles. The van der Waals surface area contributed by atoms with Crippen molar-refractivity contribution in [3.05, 3.63) is 0 Å². The van der Waals surface area contributed by atoms with Gasteiger partial charge in [0.15, 0.2) is 16.0 Å². The fourth-order valence-corrected chi connectivity index (χ4v) is 0.447. The van der Waals surface area contributed by atoms with Crippen LogP contribution < -0.4 is 5.73 Å². The van der Waals surface area contributed by atoms with E-state index in [4.69, 9.17) is 10.7 Å². The summed E-state index contributed by atoms with van der Waals surface area (Å²) in [7, 11) is 3.22. The van der Waals surface area contributed by atoms with E-state index in [2.05, 4.69) is 10.5 Å². The standard InChI is InChI=1S/C2H4ClNO3S/c3-8(6)1-7-2(4)5/h1H2,(H2,4,5). The van der Waals surface area contributed by atoms with Crippen LogP contribution in [-0.4, -0.2) is 16.2 Å². The molecular weight excluding hydrogens is 154 g/mol. The van der Waals surface area contributed by atoms with Crippen LogP contribution >= 0.6 is 10.7 Å². The smallest absolute Gasteiger partial charge is 0.405 e. The zero-order chi connectivity index (χ0) is 6.57. The number of hydrogen-bond acceptors (Lipinski definition) is 3. The Morgan fingerprint density at radius 1 is 1.88 bits per heavy atom. The third kappa shape index (κ3) is 5.71. The Morgan fingerprint density at radius 2 is 2.38 bits per heavy atom. The van der Waals surface area contributed by atoms with E-state index >= 15 is 0 Å². The first kappa shape index (κ1) is 7.71. The van der Waals surface area contributed by atoms with Crippen LogP contribution in [0.5, 0.6) is 0 Å². The molecule has 0 aliphatic rings. The second-order valence-electron chi connectivity index (χ2n) is 0.871. The highest BCUT2D eigenvalue weighted by Crippen LogP contribution is 1.87. The quantitative estimate of drug-likeness (QED) is 0.571. The van der Waals surface area contributed by atoms with Crippen molar-refractivity contribution in [2.24, 2.45) is 5.73 Å². The van der Waals surface area contributed by atoms with Crippen LogP contribution in [0, 0.1) is 0 Å². The predicted octanol–water partition coefficient (Wildman–Crippen LogP) is -0.0583. The van der Waals surface area contributed by atoms with Crippen LogP contribution in [0.4, 0.5) is 4.79 Å². The Labute approximate surface area is 52.9 Å². The Morgan fingerprint density at radius 3 is 2.50 bits per heavy atom.